The van der Waals surface area contributed by atoms with Crippen LogP contribution in [0.1, 0.15) is 56.4 Å². The third-order valence-electron chi connectivity index (χ3n) is 5.76. The number of hydroxylamine groups is 1. The van der Waals surface area contributed by atoms with E-state index in [9.17, 15) is 10.5 Å². The van der Waals surface area contributed by atoms with Crippen molar-refractivity contribution in [2.45, 2.75) is 39.5 Å². The molecule has 0 radical (unpaired) electrons. The molecule has 0 aromatic heterocycles. The molecule has 0 saturated heterocycles. The topological polar surface area (TPSA) is 80.9 Å². The lowest BCUT2D eigenvalue weighted by Crippen LogP contribution is -2.32. The number of allylic oxidation sites excluding steroid dienone is 2. The molecule has 36 heavy (non-hydrogen) atoms. The summed E-state index contributed by atoms with van der Waals surface area (Å²) in [6.07, 6.45) is 6.67. The fraction of sp³-hybridized carbons (Fsp3) is 0.357. The summed E-state index contributed by atoms with van der Waals surface area (Å²) >= 11 is 12.2. The lowest BCUT2D eigenvalue weighted by atomic mass is 9.77. The first-order chi connectivity index (χ1) is 17.2. The van der Waals surface area contributed by atoms with Crippen LogP contribution in [0.4, 0.5) is 0 Å². The molecule has 192 valence electrons. The average molecular weight is 530 g/mol. The standard InChI is InChI=1S/C28H34Cl2N4O2/c1-6-8-26(32-18-20(7-2)19-33-34(5)35)21-9-11-23(12-10-21)28(3,4)24-15-22(17-31)27(25(30)16-24)36-14-13-29/h7-12,15-16,18,33,35H,6,13-14,19H2,1-5H3/b20-7+,26-8+,32-18+. The molecular weight excluding hydrogens is 495 g/mol. The smallest absolute Gasteiger partial charge is 0.155 e. The Morgan fingerprint density at radius 3 is 2.50 bits per heavy atom. The number of ether oxygens (including phenoxy) is 1. The summed E-state index contributed by atoms with van der Waals surface area (Å²) in [5.74, 6) is 0.676. The number of benzene rings is 2. The van der Waals surface area contributed by atoms with Gasteiger partial charge in [0.15, 0.2) is 5.75 Å². The molecule has 0 amide bonds. The first-order valence-corrected chi connectivity index (χ1v) is 12.7. The zero-order chi connectivity index (χ0) is 26.7. The molecule has 0 aliphatic rings. The maximum atomic E-state index is 9.66. The summed E-state index contributed by atoms with van der Waals surface area (Å²) in [5, 5.41) is 20.3. The molecule has 2 rings (SSSR count). The van der Waals surface area contributed by atoms with Crippen LogP contribution in [0.2, 0.25) is 5.02 Å². The van der Waals surface area contributed by atoms with Crippen LogP contribution in [0.5, 0.6) is 5.75 Å². The third-order valence-corrected chi connectivity index (χ3v) is 6.20. The van der Waals surface area contributed by atoms with Crippen LogP contribution in [-0.4, -0.2) is 42.7 Å². The predicted molar refractivity (Wildman–Crippen MR) is 149 cm³/mol. The van der Waals surface area contributed by atoms with Crippen molar-refractivity contribution in [2.75, 3.05) is 26.1 Å². The predicted octanol–water partition coefficient (Wildman–Crippen LogP) is 6.75. The molecule has 0 atom stereocenters. The molecule has 0 fully saturated rings. The zero-order valence-corrected chi connectivity index (χ0v) is 23.0. The highest BCUT2D eigenvalue weighted by Gasteiger charge is 2.26. The molecule has 2 aromatic carbocycles. The van der Waals surface area contributed by atoms with Gasteiger partial charge in [-0.3, -0.25) is 10.2 Å². The second kappa shape index (κ2) is 14.2. The van der Waals surface area contributed by atoms with Gasteiger partial charge in [0.25, 0.3) is 0 Å². The van der Waals surface area contributed by atoms with E-state index in [0.717, 1.165) is 39.6 Å². The molecule has 0 saturated carbocycles. The number of nitriles is 1. The molecule has 0 spiro atoms. The Bertz CT molecular complexity index is 1150. The van der Waals surface area contributed by atoms with Crippen molar-refractivity contribution in [1.29, 1.82) is 5.26 Å². The number of halogens is 2. The molecule has 0 bridgehead atoms. The Hall–Kier alpha value is -2.66. The maximum absolute atomic E-state index is 9.66. The minimum absolute atomic E-state index is 0.279. The number of hydrogen-bond donors (Lipinski definition) is 2. The SMILES string of the molecule is C\C=C(/C=N/C(=C/CC)c1ccc(C(C)(C)c2cc(Cl)c(OCCCl)c(C#N)c2)cc1)CNN(C)O. The van der Waals surface area contributed by atoms with E-state index >= 15 is 0 Å². The number of nitrogens with zero attached hydrogens (tertiary/aromatic N) is 3. The van der Waals surface area contributed by atoms with E-state index in [2.05, 4.69) is 62.6 Å². The van der Waals surface area contributed by atoms with Crippen LogP contribution in [0.15, 0.2) is 59.1 Å². The van der Waals surface area contributed by atoms with E-state index in [-0.39, 0.29) is 6.61 Å². The van der Waals surface area contributed by atoms with E-state index in [1.54, 1.807) is 6.21 Å². The second-order valence-electron chi connectivity index (χ2n) is 8.66. The van der Waals surface area contributed by atoms with E-state index in [1.807, 2.05) is 25.1 Å². The highest BCUT2D eigenvalue weighted by atomic mass is 35.5. The first kappa shape index (κ1) is 29.6. The van der Waals surface area contributed by atoms with Crippen molar-refractivity contribution in [3.63, 3.8) is 0 Å². The number of hydrazine groups is 1. The zero-order valence-electron chi connectivity index (χ0n) is 21.5. The van der Waals surface area contributed by atoms with Gasteiger partial charge in [-0.25, -0.2) is 5.43 Å². The largest absolute Gasteiger partial charge is 0.489 e. The maximum Gasteiger partial charge on any atom is 0.155 e. The van der Waals surface area contributed by atoms with Gasteiger partial charge in [-0.2, -0.15) is 5.26 Å². The van der Waals surface area contributed by atoms with E-state index in [0.29, 0.717) is 28.8 Å². The number of rotatable bonds is 12. The molecule has 8 heteroatoms. The molecular formula is C28H34Cl2N4O2. The van der Waals surface area contributed by atoms with Gasteiger partial charge in [0.2, 0.25) is 0 Å². The van der Waals surface area contributed by atoms with Gasteiger partial charge in [0, 0.05) is 25.2 Å². The Morgan fingerprint density at radius 2 is 1.94 bits per heavy atom. The second-order valence-corrected chi connectivity index (χ2v) is 9.45. The van der Waals surface area contributed by atoms with Gasteiger partial charge in [-0.15, -0.1) is 16.8 Å². The monoisotopic (exact) mass is 528 g/mol. The van der Waals surface area contributed by atoms with Gasteiger partial charge >= 0.3 is 0 Å². The normalized spacial score (nSPS) is 12.9. The van der Waals surface area contributed by atoms with Crippen molar-refractivity contribution in [3.05, 3.63) is 81.4 Å². The number of nitrogens with one attached hydrogen (secondary N) is 1. The van der Waals surface area contributed by atoms with Crippen LogP contribution in [-0.2, 0) is 5.41 Å². The fourth-order valence-corrected chi connectivity index (χ4v) is 3.92. The molecule has 2 N–H and O–H groups in total. The summed E-state index contributed by atoms with van der Waals surface area (Å²) in [5.41, 5.74) is 7.60. The van der Waals surface area contributed by atoms with Crippen LogP contribution < -0.4 is 10.2 Å². The minimum atomic E-state index is -0.406. The van der Waals surface area contributed by atoms with Gasteiger partial charge in [0.1, 0.15) is 12.7 Å². The Morgan fingerprint density at radius 1 is 1.25 bits per heavy atom. The lowest BCUT2D eigenvalue weighted by Gasteiger charge is -2.27. The van der Waals surface area contributed by atoms with Crippen molar-refractivity contribution >= 4 is 35.1 Å². The number of alkyl halides is 1. The fourth-order valence-electron chi connectivity index (χ4n) is 3.57. The van der Waals surface area contributed by atoms with Crippen molar-refractivity contribution < 1.29 is 9.94 Å². The molecule has 0 aliphatic heterocycles. The summed E-state index contributed by atoms with van der Waals surface area (Å²) in [4.78, 5) is 4.70. The van der Waals surface area contributed by atoms with Crippen molar-refractivity contribution in [3.8, 4) is 11.8 Å². The molecule has 0 aliphatic carbocycles. The van der Waals surface area contributed by atoms with Gasteiger partial charge in [-0.05, 0) is 47.7 Å². The molecule has 0 heterocycles. The summed E-state index contributed by atoms with van der Waals surface area (Å²) in [6, 6.07) is 14.1. The third kappa shape index (κ3) is 7.92. The van der Waals surface area contributed by atoms with Gasteiger partial charge in [0.05, 0.1) is 22.2 Å². The Balaban J connectivity index is 2.34. The summed E-state index contributed by atoms with van der Waals surface area (Å²) < 4.78 is 5.59. The quantitative estimate of drug-likeness (QED) is 0.181. The van der Waals surface area contributed by atoms with Crippen molar-refractivity contribution in [2.24, 2.45) is 4.99 Å². The van der Waals surface area contributed by atoms with Crippen LogP contribution in [0, 0.1) is 11.3 Å². The average Bonchev–Trinajstić information content (AvgIpc) is 2.86. The molecule has 2 aromatic rings. The van der Waals surface area contributed by atoms with Crippen molar-refractivity contribution in [1.82, 2.24) is 10.6 Å². The van der Waals surface area contributed by atoms with Gasteiger partial charge < -0.3 is 4.74 Å². The first-order valence-electron chi connectivity index (χ1n) is 11.8. The highest BCUT2D eigenvalue weighted by molar-refractivity contribution is 6.32. The number of aliphatic imine (C=N–C) groups is 1. The molecule has 0 unspecified atom stereocenters. The Kier molecular flexibility index (Phi) is 11.6. The van der Waals surface area contributed by atoms with E-state index in [4.69, 9.17) is 32.9 Å². The Labute approximate surface area is 224 Å². The summed E-state index contributed by atoms with van der Waals surface area (Å²) in [6.45, 7) is 8.93. The highest BCUT2D eigenvalue weighted by Crippen LogP contribution is 2.38. The van der Waals surface area contributed by atoms with E-state index in [1.165, 1.54) is 7.05 Å². The van der Waals surface area contributed by atoms with Crippen LogP contribution in [0.25, 0.3) is 5.70 Å². The number of hydrogen-bond acceptors (Lipinski definition) is 6. The summed E-state index contributed by atoms with van der Waals surface area (Å²) in [7, 11) is 1.52. The van der Waals surface area contributed by atoms with Crippen LogP contribution >= 0.6 is 23.2 Å². The van der Waals surface area contributed by atoms with Crippen LogP contribution in [0.3, 0.4) is 0 Å². The van der Waals surface area contributed by atoms with Gasteiger partial charge in [-0.1, -0.05) is 68.8 Å². The minimum Gasteiger partial charge on any atom is -0.489 e. The molecule has 6 nitrogen and oxygen atoms in total. The lowest BCUT2D eigenvalue weighted by molar-refractivity contribution is -0.109. The van der Waals surface area contributed by atoms with E-state index < -0.39 is 5.41 Å².